The molecule has 0 spiro atoms. The van der Waals surface area contributed by atoms with Crippen molar-refractivity contribution >= 4 is 7.82 Å². The van der Waals surface area contributed by atoms with Crippen molar-refractivity contribution in [3.63, 3.8) is 0 Å². The van der Waals surface area contributed by atoms with Crippen molar-refractivity contribution in [1.82, 2.24) is 0 Å². The zero-order valence-corrected chi connectivity index (χ0v) is 32.9. The summed E-state index contributed by atoms with van der Waals surface area (Å²) < 4.78 is 71.4. The third kappa shape index (κ3) is 8.39. The topological polar surface area (TPSA) is 100 Å². The van der Waals surface area contributed by atoms with Gasteiger partial charge in [0.15, 0.2) is 0 Å². The lowest BCUT2D eigenvalue weighted by Gasteiger charge is -2.43. The molecule has 0 aliphatic heterocycles. The van der Waals surface area contributed by atoms with Crippen LogP contribution in [0.2, 0.25) is 0 Å². The largest absolute Gasteiger partial charge is 0.497 e. The zero-order valence-electron chi connectivity index (χ0n) is 32.0. The third-order valence-corrected chi connectivity index (χ3v) is 11.0. The van der Waals surface area contributed by atoms with E-state index in [2.05, 4.69) is 0 Å². The number of rotatable bonds is 21. The molecule has 11 heteroatoms. The summed E-state index contributed by atoms with van der Waals surface area (Å²) in [6, 6.07) is 16.8. The molecule has 0 N–H and O–H groups in total. The van der Waals surface area contributed by atoms with Crippen LogP contribution >= 0.6 is 7.82 Å². The number of hydrogen-bond donors (Lipinski definition) is 0. The Balaban J connectivity index is 2.38. The van der Waals surface area contributed by atoms with E-state index in [1.165, 1.54) is 21.3 Å². The van der Waals surface area contributed by atoms with Gasteiger partial charge in [0, 0.05) is 57.3 Å². The number of benzene rings is 3. The first-order chi connectivity index (χ1) is 23.9. The van der Waals surface area contributed by atoms with Gasteiger partial charge in [0.2, 0.25) is 17.4 Å². The molecule has 0 saturated heterocycles. The number of phosphoric ester groups is 1. The smallest absolute Gasteiger partial charge is 0.483 e. The fraction of sp³-hybridized carbons (Fsp3) is 0.538. The minimum Gasteiger partial charge on any atom is -0.497 e. The predicted molar refractivity (Wildman–Crippen MR) is 195 cm³/mol. The van der Waals surface area contributed by atoms with Gasteiger partial charge in [-0.25, -0.2) is 18.1 Å². The van der Waals surface area contributed by atoms with Gasteiger partial charge in [-0.3, -0.25) is 0 Å². The van der Waals surface area contributed by atoms with E-state index in [1.807, 2.05) is 96.1 Å². The lowest BCUT2D eigenvalue weighted by Crippen LogP contribution is -2.39. The van der Waals surface area contributed by atoms with Gasteiger partial charge in [-0.1, -0.05) is 41.5 Å². The second-order valence-corrected chi connectivity index (χ2v) is 13.2. The molecule has 0 saturated carbocycles. The molecule has 0 fully saturated rings. The maximum atomic E-state index is 15.9. The van der Waals surface area contributed by atoms with Gasteiger partial charge in [-0.15, -0.1) is 0 Å². The Kier molecular flexibility index (Phi) is 14.9. The van der Waals surface area contributed by atoms with Gasteiger partial charge in [0.25, 0.3) is 0 Å². The highest BCUT2D eigenvalue weighted by atomic mass is 31.2. The Morgan fingerprint density at radius 1 is 0.460 bits per heavy atom. The van der Waals surface area contributed by atoms with Crippen LogP contribution in [0.15, 0.2) is 54.6 Å². The van der Waals surface area contributed by atoms with Crippen molar-refractivity contribution in [1.29, 1.82) is 0 Å². The summed E-state index contributed by atoms with van der Waals surface area (Å²) >= 11 is 0. The average molecular weight is 717 g/mol. The molecule has 0 bridgehead atoms. The highest BCUT2D eigenvalue weighted by Gasteiger charge is 2.53. The van der Waals surface area contributed by atoms with Crippen LogP contribution in [0.1, 0.15) is 94.2 Å². The van der Waals surface area contributed by atoms with Gasteiger partial charge in [-0.05, 0) is 90.6 Å². The van der Waals surface area contributed by atoms with Crippen LogP contribution in [0.3, 0.4) is 0 Å². The van der Waals surface area contributed by atoms with Crippen LogP contribution < -0.4 is 14.2 Å². The van der Waals surface area contributed by atoms with Crippen molar-refractivity contribution in [3.8, 4) is 17.2 Å². The number of hydrogen-bond acceptors (Lipinski definition) is 10. The maximum Gasteiger partial charge on any atom is 0.483 e. The summed E-state index contributed by atoms with van der Waals surface area (Å²) in [7, 11) is 4.59. The van der Waals surface area contributed by atoms with E-state index in [0.29, 0.717) is 53.2 Å². The maximum absolute atomic E-state index is 15.9. The summed E-state index contributed by atoms with van der Waals surface area (Å²) in [5, 5.41) is 0. The van der Waals surface area contributed by atoms with Crippen LogP contribution in [0.25, 0.3) is 0 Å². The number of phosphoric acid groups is 1. The molecule has 50 heavy (non-hydrogen) atoms. The van der Waals surface area contributed by atoms with Crippen molar-refractivity contribution in [3.05, 3.63) is 88.0 Å². The molecule has 3 rings (SSSR count). The molecular weight excluding hydrogens is 659 g/mol. The molecule has 0 aromatic heterocycles. The summed E-state index contributed by atoms with van der Waals surface area (Å²) in [5.41, 5.74) is 4.63. The molecule has 3 unspecified atom stereocenters. The van der Waals surface area contributed by atoms with Crippen LogP contribution in [0, 0.1) is 0 Å². The van der Waals surface area contributed by atoms with Gasteiger partial charge in [0.05, 0.1) is 21.3 Å². The van der Waals surface area contributed by atoms with Crippen molar-refractivity contribution < 1.29 is 46.6 Å². The fourth-order valence-corrected chi connectivity index (χ4v) is 8.57. The average Bonchev–Trinajstić information content (AvgIpc) is 3.17. The van der Waals surface area contributed by atoms with Crippen molar-refractivity contribution in [2.24, 2.45) is 0 Å². The van der Waals surface area contributed by atoms with Gasteiger partial charge in [-0.2, -0.15) is 0 Å². The van der Waals surface area contributed by atoms with Gasteiger partial charge < -0.3 is 28.4 Å². The van der Waals surface area contributed by atoms with E-state index in [1.54, 1.807) is 21.3 Å². The quantitative estimate of drug-likeness (QED) is 0.0783. The lowest BCUT2D eigenvalue weighted by atomic mass is 9.95. The second-order valence-electron chi connectivity index (χ2n) is 11.8. The monoisotopic (exact) mass is 716 g/mol. The standard InChI is InChI=1S/C39H57O10P/c1-13-28-25-31(41-7)19-22-34(28)37(16-4,44-10)47-50(40,48-38(17-5,45-11)35-23-20-32(42-8)26-29(35)14-2)49-39(18-6,46-12)36-24-21-33(43-9)27-30(36)15-3/h19-27H,13-18H2,1-12H3. The van der Waals surface area contributed by atoms with E-state index in [4.69, 9.17) is 42.0 Å². The molecular formula is C39H57O10P. The van der Waals surface area contributed by atoms with E-state index in [9.17, 15) is 0 Å². The van der Waals surface area contributed by atoms with E-state index < -0.39 is 25.2 Å². The molecule has 0 amide bonds. The normalized spacial score (nSPS) is 16.5. The first kappa shape index (κ1) is 41.5. The number of aryl methyl sites for hydroxylation is 3. The lowest BCUT2D eigenvalue weighted by molar-refractivity contribution is -0.253. The molecule has 10 nitrogen and oxygen atoms in total. The molecule has 3 aromatic carbocycles. The van der Waals surface area contributed by atoms with Crippen LogP contribution in [0.4, 0.5) is 0 Å². The van der Waals surface area contributed by atoms with Gasteiger partial charge in [0.1, 0.15) is 17.2 Å². The number of methoxy groups -OCH3 is 6. The SMILES string of the molecule is CCc1cc(OC)ccc1C(CC)(OC)OP(=O)(OC(CC)(OC)c1ccc(OC)cc1CC)OC(CC)(OC)c1ccc(OC)cc1CC. The highest BCUT2D eigenvalue weighted by molar-refractivity contribution is 7.48. The third-order valence-electron chi connectivity index (χ3n) is 9.47. The Morgan fingerprint density at radius 2 is 0.720 bits per heavy atom. The first-order valence-corrected chi connectivity index (χ1v) is 18.8. The molecule has 3 aromatic rings. The minimum atomic E-state index is -4.80. The minimum absolute atomic E-state index is 0.253. The van der Waals surface area contributed by atoms with Crippen LogP contribution in [0.5, 0.6) is 17.2 Å². The van der Waals surface area contributed by atoms with E-state index in [-0.39, 0.29) is 19.3 Å². The summed E-state index contributed by atoms with van der Waals surface area (Å²) in [5.74, 6) is -2.70. The van der Waals surface area contributed by atoms with Gasteiger partial charge >= 0.3 is 7.82 Å². The highest BCUT2D eigenvalue weighted by Crippen LogP contribution is 2.64. The fourth-order valence-electron chi connectivity index (χ4n) is 6.47. The Hall–Kier alpha value is -2.95. The second kappa shape index (κ2) is 18.0. The predicted octanol–water partition coefficient (Wildman–Crippen LogP) is 9.59. The Morgan fingerprint density at radius 3 is 0.900 bits per heavy atom. The molecule has 0 heterocycles. The van der Waals surface area contributed by atoms with E-state index >= 15 is 4.57 Å². The zero-order chi connectivity index (χ0) is 37.2. The van der Waals surface area contributed by atoms with Crippen molar-refractivity contribution in [2.45, 2.75) is 97.4 Å². The molecule has 0 aliphatic rings. The van der Waals surface area contributed by atoms with Crippen molar-refractivity contribution in [2.75, 3.05) is 42.7 Å². The summed E-state index contributed by atoms with van der Waals surface area (Å²) in [6.07, 6.45) is 2.63. The summed E-state index contributed by atoms with van der Waals surface area (Å²) in [4.78, 5) is 0. The molecule has 3 atom stereocenters. The molecule has 0 aliphatic carbocycles. The van der Waals surface area contributed by atoms with E-state index in [0.717, 1.165) is 16.7 Å². The first-order valence-electron chi connectivity index (χ1n) is 17.3. The number of ether oxygens (including phenoxy) is 6. The summed E-state index contributed by atoms with van der Waals surface area (Å²) in [6.45, 7) is 11.7. The Labute approximate surface area is 299 Å². The molecule has 0 radical (unpaired) electrons. The molecule has 278 valence electrons. The Bertz CT molecular complexity index is 1390. The van der Waals surface area contributed by atoms with Crippen LogP contribution in [-0.2, 0) is 69.0 Å². The van der Waals surface area contributed by atoms with Crippen LogP contribution in [-0.4, -0.2) is 42.7 Å².